The molecule has 0 aliphatic carbocycles. The van der Waals surface area contributed by atoms with Crippen molar-refractivity contribution in [3.05, 3.63) is 23.4 Å². The van der Waals surface area contributed by atoms with E-state index in [1.807, 2.05) is 0 Å². The average molecular weight is 289 g/mol. The predicted octanol–water partition coefficient (Wildman–Crippen LogP) is 2.55. The maximum absolute atomic E-state index is 12.6. The number of alkyl halides is 4. The van der Waals surface area contributed by atoms with Crippen LogP contribution in [0.15, 0.2) is 12.3 Å². The fourth-order valence-corrected chi connectivity index (χ4v) is 1.11. The SMILES string of the molecule is Cc1cc(CN)cnc1OCC(F)(F)C(F)F.Cl. The third-order valence-corrected chi connectivity index (χ3v) is 2.04. The lowest BCUT2D eigenvalue weighted by molar-refractivity contribution is -0.148. The van der Waals surface area contributed by atoms with Gasteiger partial charge in [-0.1, -0.05) is 0 Å². The Bertz CT molecular complexity index is 390. The Kier molecular flexibility index (Phi) is 6.34. The van der Waals surface area contributed by atoms with Gasteiger partial charge in [0.1, 0.15) is 0 Å². The molecule has 0 saturated carbocycles. The molecule has 1 aromatic rings. The van der Waals surface area contributed by atoms with Gasteiger partial charge in [-0.25, -0.2) is 13.8 Å². The first-order valence-corrected chi connectivity index (χ1v) is 4.81. The molecule has 1 heterocycles. The second-order valence-electron chi connectivity index (χ2n) is 3.52. The zero-order valence-electron chi connectivity index (χ0n) is 9.50. The maximum Gasteiger partial charge on any atom is 0.340 e. The van der Waals surface area contributed by atoms with E-state index in [-0.39, 0.29) is 24.8 Å². The van der Waals surface area contributed by atoms with Gasteiger partial charge in [0.25, 0.3) is 0 Å². The number of hydrogen-bond donors (Lipinski definition) is 1. The topological polar surface area (TPSA) is 48.1 Å². The van der Waals surface area contributed by atoms with Gasteiger partial charge in [-0.05, 0) is 18.6 Å². The first-order chi connectivity index (χ1) is 7.86. The minimum absolute atomic E-state index is 0. The molecular weight excluding hydrogens is 276 g/mol. The van der Waals surface area contributed by atoms with Crippen LogP contribution in [0.3, 0.4) is 0 Å². The van der Waals surface area contributed by atoms with Crippen LogP contribution in [-0.2, 0) is 6.54 Å². The normalized spacial score (nSPS) is 11.3. The van der Waals surface area contributed by atoms with Crippen LogP contribution in [-0.4, -0.2) is 23.9 Å². The van der Waals surface area contributed by atoms with Gasteiger partial charge in [0.05, 0.1) is 0 Å². The van der Waals surface area contributed by atoms with Crippen LogP contribution in [0.4, 0.5) is 17.6 Å². The summed E-state index contributed by atoms with van der Waals surface area (Å²) in [6.07, 6.45) is -2.41. The quantitative estimate of drug-likeness (QED) is 0.847. The summed E-state index contributed by atoms with van der Waals surface area (Å²) >= 11 is 0. The van der Waals surface area contributed by atoms with Gasteiger partial charge in [0.15, 0.2) is 6.61 Å². The van der Waals surface area contributed by atoms with Gasteiger partial charge in [-0.3, -0.25) is 0 Å². The van der Waals surface area contributed by atoms with Crippen molar-refractivity contribution in [1.29, 1.82) is 0 Å². The third-order valence-electron chi connectivity index (χ3n) is 2.04. The lowest BCUT2D eigenvalue weighted by Gasteiger charge is -2.16. The largest absolute Gasteiger partial charge is 0.471 e. The average Bonchev–Trinajstić information content (AvgIpc) is 2.27. The fourth-order valence-electron chi connectivity index (χ4n) is 1.11. The highest BCUT2D eigenvalue weighted by molar-refractivity contribution is 5.85. The van der Waals surface area contributed by atoms with Gasteiger partial charge < -0.3 is 10.5 Å². The summed E-state index contributed by atoms with van der Waals surface area (Å²) in [6, 6.07) is 1.60. The third kappa shape index (κ3) is 4.30. The first-order valence-electron chi connectivity index (χ1n) is 4.81. The molecule has 0 radical (unpaired) electrons. The van der Waals surface area contributed by atoms with Crippen molar-refractivity contribution in [1.82, 2.24) is 4.98 Å². The van der Waals surface area contributed by atoms with Crippen molar-refractivity contribution in [2.75, 3.05) is 6.61 Å². The second kappa shape index (κ2) is 6.75. The Morgan fingerprint density at radius 3 is 2.50 bits per heavy atom. The first kappa shape index (κ1) is 16.9. The number of ether oxygens (including phenoxy) is 1. The molecule has 1 aromatic heterocycles. The number of nitrogens with zero attached hydrogens (tertiary/aromatic N) is 1. The van der Waals surface area contributed by atoms with Crippen molar-refractivity contribution in [2.45, 2.75) is 25.8 Å². The molecule has 0 atom stereocenters. The van der Waals surface area contributed by atoms with Crippen LogP contribution in [0.2, 0.25) is 0 Å². The minimum Gasteiger partial charge on any atom is -0.471 e. The lowest BCUT2D eigenvalue weighted by atomic mass is 10.2. The molecule has 104 valence electrons. The summed E-state index contributed by atoms with van der Waals surface area (Å²) in [5, 5.41) is 0. The number of pyridine rings is 1. The minimum atomic E-state index is -4.18. The molecule has 18 heavy (non-hydrogen) atoms. The summed E-state index contributed by atoms with van der Waals surface area (Å²) in [4.78, 5) is 3.73. The second-order valence-corrected chi connectivity index (χ2v) is 3.52. The number of aryl methyl sites for hydroxylation is 1. The highest BCUT2D eigenvalue weighted by atomic mass is 35.5. The standard InChI is InChI=1S/C10H12F4N2O.ClH/c1-6-2-7(3-15)4-16-8(6)17-5-10(13,14)9(11)12;/h2,4,9H,3,5,15H2,1H3;1H. The molecule has 2 N–H and O–H groups in total. The Morgan fingerprint density at radius 2 is 2.06 bits per heavy atom. The van der Waals surface area contributed by atoms with E-state index in [0.29, 0.717) is 11.1 Å². The highest BCUT2D eigenvalue weighted by Crippen LogP contribution is 2.24. The molecule has 0 bridgehead atoms. The molecule has 0 amide bonds. The molecule has 0 aliphatic rings. The Hall–Kier alpha value is -1.08. The number of rotatable bonds is 5. The van der Waals surface area contributed by atoms with Crippen LogP contribution in [0.1, 0.15) is 11.1 Å². The van der Waals surface area contributed by atoms with Crippen molar-refractivity contribution >= 4 is 12.4 Å². The number of halogens is 5. The molecule has 8 heteroatoms. The van der Waals surface area contributed by atoms with Crippen LogP contribution >= 0.6 is 12.4 Å². The van der Waals surface area contributed by atoms with Gasteiger partial charge in [0, 0.05) is 18.3 Å². The molecule has 0 fully saturated rings. The Morgan fingerprint density at radius 1 is 1.44 bits per heavy atom. The predicted molar refractivity (Wildman–Crippen MR) is 60.6 cm³/mol. The summed E-state index contributed by atoms with van der Waals surface area (Å²) in [6.45, 7) is 0.420. The van der Waals surface area contributed by atoms with Crippen LogP contribution in [0.5, 0.6) is 5.88 Å². The molecule has 1 rings (SSSR count). The van der Waals surface area contributed by atoms with Crippen LogP contribution in [0, 0.1) is 6.92 Å². The van der Waals surface area contributed by atoms with E-state index in [1.54, 1.807) is 13.0 Å². The van der Waals surface area contributed by atoms with E-state index >= 15 is 0 Å². The van der Waals surface area contributed by atoms with Gasteiger partial charge >= 0.3 is 12.3 Å². The van der Waals surface area contributed by atoms with E-state index in [9.17, 15) is 17.6 Å². The molecule has 0 spiro atoms. The molecule has 0 unspecified atom stereocenters. The van der Waals surface area contributed by atoms with Gasteiger partial charge in [0.2, 0.25) is 5.88 Å². The zero-order chi connectivity index (χ0) is 13.1. The summed E-state index contributed by atoms with van der Waals surface area (Å²) in [5.74, 6) is -4.27. The molecule has 3 nitrogen and oxygen atoms in total. The summed E-state index contributed by atoms with van der Waals surface area (Å²) in [7, 11) is 0. The molecule has 0 saturated heterocycles. The van der Waals surface area contributed by atoms with Crippen molar-refractivity contribution < 1.29 is 22.3 Å². The zero-order valence-corrected chi connectivity index (χ0v) is 10.3. The van der Waals surface area contributed by atoms with E-state index in [2.05, 4.69) is 9.72 Å². The monoisotopic (exact) mass is 288 g/mol. The molecule has 0 aromatic carbocycles. The maximum atomic E-state index is 12.6. The smallest absolute Gasteiger partial charge is 0.340 e. The summed E-state index contributed by atoms with van der Waals surface area (Å²) < 4.78 is 53.5. The van der Waals surface area contributed by atoms with E-state index < -0.39 is 19.0 Å². The van der Waals surface area contributed by atoms with Crippen LogP contribution < -0.4 is 10.5 Å². The van der Waals surface area contributed by atoms with Crippen molar-refractivity contribution in [3.8, 4) is 5.88 Å². The lowest BCUT2D eigenvalue weighted by Crippen LogP contribution is -2.34. The van der Waals surface area contributed by atoms with Crippen LogP contribution in [0.25, 0.3) is 0 Å². The molecular formula is C10H13ClF4N2O. The van der Waals surface area contributed by atoms with E-state index in [4.69, 9.17) is 5.73 Å². The highest BCUT2D eigenvalue weighted by Gasteiger charge is 2.41. The Labute approximate surface area is 108 Å². The number of nitrogens with two attached hydrogens (primary N) is 1. The van der Waals surface area contributed by atoms with Gasteiger partial charge in [-0.2, -0.15) is 8.78 Å². The summed E-state index contributed by atoms with van der Waals surface area (Å²) in [5.41, 5.74) is 6.53. The van der Waals surface area contributed by atoms with E-state index in [1.165, 1.54) is 6.20 Å². The van der Waals surface area contributed by atoms with Crippen molar-refractivity contribution in [3.63, 3.8) is 0 Å². The van der Waals surface area contributed by atoms with Gasteiger partial charge in [-0.15, -0.1) is 12.4 Å². The number of hydrogen-bond acceptors (Lipinski definition) is 3. The van der Waals surface area contributed by atoms with E-state index in [0.717, 1.165) is 0 Å². The Balaban J connectivity index is 0.00000289. The fraction of sp³-hybridized carbons (Fsp3) is 0.500. The molecule has 0 aliphatic heterocycles. The van der Waals surface area contributed by atoms with Crippen molar-refractivity contribution in [2.24, 2.45) is 5.73 Å². The number of aromatic nitrogens is 1.